The van der Waals surface area contributed by atoms with E-state index in [1.165, 1.54) is 17.4 Å². The summed E-state index contributed by atoms with van der Waals surface area (Å²) in [4.78, 5) is 16.6. The third-order valence-corrected chi connectivity index (χ3v) is 5.48. The number of hydrogen-bond donors (Lipinski definition) is 0. The minimum atomic E-state index is -0.379. The highest BCUT2D eigenvalue weighted by Gasteiger charge is 2.18. The van der Waals surface area contributed by atoms with E-state index in [4.69, 9.17) is 9.72 Å². The molecule has 0 radical (unpaired) electrons. The minimum absolute atomic E-state index is 0.0628. The summed E-state index contributed by atoms with van der Waals surface area (Å²) in [5.41, 5.74) is 3.58. The summed E-state index contributed by atoms with van der Waals surface area (Å²) in [5.74, 6) is 0.763. The van der Waals surface area contributed by atoms with Crippen LogP contribution < -0.4 is 4.74 Å². The minimum Gasteiger partial charge on any atom is -0.497 e. The van der Waals surface area contributed by atoms with E-state index in [0.29, 0.717) is 0 Å². The van der Waals surface area contributed by atoms with Gasteiger partial charge in [0.05, 0.1) is 22.6 Å². The SMILES string of the molecule is COc1ccc(-c2nc(-c3ccccc3)sc2-c2cccc([N+](=O)[O-])c2)cc1. The zero-order valence-corrected chi connectivity index (χ0v) is 15.8. The fraction of sp³-hybridized carbons (Fsp3) is 0.0455. The molecule has 138 valence electrons. The van der Waals surface area contributed by atoms with Crippen LogP contribution in [0, 0.1) is 10.1 Å². The average molecular weight is 388 g/mol. The normalized spacial score (nSPS) is 10.6. The Morgan fingerprint density at radius 2 is 1.61 bits per heavy atom. The van der Waals surface area contributed by atoms with Crippen molar-refractivity contribution in [3.05, 3.63) is 89.0 Å². The maximum atomic E-state index is 11.2. The van der Waals surface area contributed by atoms with Crippen LogP contribution in [0.4, 0.5) is 5.69 Å². The van der Waals surface area contributed by atoms with Gasteiger partial charge in [0.25, 0.3) is 5.69 Å². The van der Waals surface area contributed by atoms with Crippen LogP contribution in [0.3, 0.4) is 0 Å². The summed E-state index contributed by atoms with van der Waals surface area (Å²) in [6.45, 7) is 0. The Bertz CT molecular complexity index is 1120. The molecule has 0 amide bonds. The Hall–Kier alpha value is -3.51. The molecule has 4 aromatic rings. The molecule has 0 fully saturated rings. The van der Waals surface area contributed by atoms with Gasteiger partial charge in [-0.2, -0.15) is 0 Å². The van der Waals surface area contributed by atoms with Crippen LogP contribution in [0.5, 0.6) is 5.75 Å². The first-order chi connectivity index (χ1) is 13.7. The van der Waals surface area contributed by atoms with Crippen LogP contribution in [0.2, 0.25) is 0 Å². The summed E-state index contributed by atoms with van der Waals surface area (Å²) in [7, 11) is 1.62. The molecule has 0 saturated heterocycles. The van der Waals surface area contributed by atoms with E-state index in [9.17, 15) is 10.1 Å². The number of benzene rings is 3. The molecule has 1 aromatic heterocycles. The summed E-state index contributed by atoms with van der Waals surface area (Å²) < 4.78 is 5.24. The molecular weight excluding hydrogens is 372 g/mol. The number of nitro benzene ring substituents is 1. The third-order valence-electron chi connectivity index (χ3n) is 4.33. The van der Waals surface area contributed by atoms with Gasteiger partial charge in [0.2, 0.25) is 0 Å². The maximum Gasteiger partial charge on any atom is 0.270 e. The fourth-order valence-corrected chi connectivity index (χ4v) is 4.01. The Morgan fingerprint density at radius 3 is 2.29 bits per heavy atom. The Morgan fingerprint density at radius 1 is 0.893 bits per heavy atom. The van der Waals surface area contributed by atoms with Crippen molar-refractivity contribution in [1.82, 2.24) is 4.98 Å². The van der Waals surface area contributed by atoms with Crippen LogP contribution in [-0.4, -0.2) is 17.0 Å². The van der Waals surface area contributed by atoms with E-state index in [1.807, 2.05) is 60.7 Å². The molecule has 0 aliphatic carbocycles. The van der Waals surface area contributed by atoms with E-state index in [2.05, 4.69) is 0 Å². The van der Waals surface area contributed by atoms with E-state index in [1.54, 1.807) is 19.2 Å². The smallest absolute Gasteiger partial charge is 0.270 e. The van der Waals surface area contributed by atoms with Crippen molar-refractivity contribution in [2.45, 2.75) is 0 Å². The molecule has 1 heterocycles. The number of nitrogens with zero attached hydrogens (tertiary/aromatic N) is 2. The van der Waals surface area contributed by atoms with Gasteiger partial charge in [0.1, 0.15) is 10.8 Å². The second kappa shape index (κ2) is 7.62. The number of nitro groups is 1. The maximum absolute atomic E-state index is 11.2. The fourth-order valence-electron chi connectivity index (χ4n) is 2.93. The highest BCUT2D eigenvalue weighted by Crippen LogP contribution is 2.41. The van der Waals surface area contributed by atoms with Gasteiger partial charge in [-0.3, -0.25) is 10.1 Å². The van der Waals surface area contributed by atoms with Crippen LogP contribution in [0.15, 0.2) is 78.9 Å². The van der Waals surface area contributed by atoms with Gasteiger partial charge >= 0.3 is 0 Å². The zero-order chi connectivity index (χ0) is 19.5. The Balaban J connectivity index is 1.89. The molecule has 0 atom stereocenters. The van der Waals surface area contributed by atoms with Gasteiger partial charge in [-0.15, -0.1) is 11.3 Å². The van der Waals surface area contributed by atoms with Crippen molar-refractivity contribution in [3.8, 4) is 38.0 Å². The van der Waals surface area contributed by atoms with Crippen molar-refractivity contribution in [2.75, 3.05) is 7.11 Å². The van der Waals surface area contributed by atoms with E-state index < -0.39 is 0 Å². The first-order valence-electron chi connectivity index (χ1n) is 8.61. The van der Waals surface area contributed by atoms with Crippen LogP contribution in [-0.2, 0) is 0 Å². The van der Waals surface area contributed by atoms with Crippen molar-refractivity contribution >= 4 is 17.0 Å². The largest absolute Gasteiger partial charge is 0.497 e. The molecular formula is C22H16N2O3S. The molecule has 0 aliphatic heterocycles. The summed E-state index contributed by atoms with van der Waals surface area (Å²) in [6, 6.07) is 24.2. The number of rotatable bonds is 5. The lowest BCUT2D eigenvalue weighted by Gasteiger charge is -2.04. The monoisotopic (exact) mass is 388 g/mol. The molecule has 4 rings (SSSR count). The number of non-ortho nitro benzene ring substituents is 1. The summed E-state index contributed by atoms with van der Waals surface area (Å²) in [5, 5.41) is 12.1. The van der Waals surface area contributed by atoms with E-state index in [-0.39, 0.29) is 10.6 Å². The lowest BCUT2D eigenvalue weighted by Crippen LogP contribution is -1.88. The first kappa shape index (κ1) is 17.9. The average Bonchev–Trinajstić information content (AvgIpc) is 3.20. The topological polar surface area (TPSA) is 65.3 Å². The molecule has 5 nitrogen and oxygen atoms in total. The number of thiazole rings is 1. The third kappa shape index (κ3) is 3.50. The van der Waals surface area contributed by atoms with Gasteiger partial charge < -0.3 is 4.74 Å². The zero-order valence-electron chi connectivity index (χ0n) is 15.0. The molecule has 0 unspecified atom stereocenters. The van der Waals surface area contributed by atoms with Gasteiger partial charge in [-0.1, -0.05) is 42.5 Å². The molecule has 0 N–H and O–H groups in total. The van der Waals surface area contributed by atoms with Crippen molar-refractivity contribution in [1.29, 1.82) is 0 Å². The number of hydrogen-bond acceptors (Lipinski definition) is 5. The van der Waals surface area contributed by atoms with Gasteiger partial charge in [0.15, 0.2) is 0 Å². The van der Waals surface area contributed by atoms with Gasteiger partial charge in [-0.25, -0.2) is 4.98 Å². The van der Waals surface area contributed by atoms with Gasteiger partial charge in [0, 0.05) is 28.8 Å². The van der Waals surface area contributed by atoms with Crippen molar-refractivity contribution in [2.24, 2.45) is 0 Å². The molecule has 6 heteroatoms. The van der Waals surface area contributed by atoms with Crippen LogP contribution >= 0.6 is 11.3 Å². The van der Waals surface area contributed by atoms with Gasteiger partial charge in [-0.05, 0) is 24.3 Å². The summed E-state index contributed by atoms with van der Waals surface area (Å²) in [6.07, 6.45) is 0. The van der Waals surface area contributed by atoms with E-state index in [0.717, 1.165) is 38.0 Å². The molecule has 3 aromatic carbocycles. The Labute approximate surface area is 166 Å². The first-order valence-corrected chi connectivity index (χ1v) is 9.43. The van der Waals surface area contributed by atoms with Crippen LogP contribution in [0.25, 0.3) is 32.3 Å². The molecule has 0 bridgehead atoms. The standard InChI is InChI=1S/C22H16N2O3S/c1-27-19-12-10-15(11-13-19)20-21(17-8-5-9-18(14-17)24(25)26)28-22(23-20)16-6-3-2-4-7-16/h2-14H,1H3. The quantitative estimate of drug-likeness (QED) is 0.308. The second-order valence-electron chi connectivity index (χ2n) is 6.10. The number of aromatic nitrogens is 1. The lowest BCUT2D eigenvalue weighted by atomic mass is 10.1. The number of methoxy groups -OCH3 is 1. The molecule has 0 aliphatic rings. The molecule has 0 spiro atoms. The lowest BCUT2D eigenvalue weighted by molar-refractivity contribution is -0.384. The van der Waals surface area contributed by atoms with E-state index >= 15 is 0 Å². The van der Waals surface area contributed by atoms with Crippen LogP contribution in [0.1, 0.15) is 0 Å². The molecule has 0 saturated carbocycles. The highest BCUT2D eigenvalue weighted by molar-refractivity contribution is 7.19. The van der Waals surface area contributed by atoms with Crippen molar-refractivity contribution < 1.29 is 9.66 Å². The summed E-state index contributed by atoms with van der Waals surface area (Å²) >= 11 is 1.53. The predicted molar refractivity (Wildman–Crippen MR) is 112 cm³/mol. The molecule has 28 heavy (non-hydrogen) atoms. The number of ether oxygens (including phenoxy) is 1. The van der Waals surface area contributed by atoms with Crippen molar-refractivity contribution in [3.63, 3.8) is 0 Å². The Kier molecular flexibility index (Phi) is 4.87. The predicted octanol–water partition coefficient (Wildman–Crippen LogP) is 6.06. The highest BCUT2D eigenvalue weighted by atomic mass is 32.1. The second-order valence-corrected chi connectivity index (χ2v) is 7.10.